The Kier molecular flexibility index (Phi) is 33.0. The number of nitrogens with one attached hydrogen (secondary N) is 4. The maximum Gasteiger partial charge on any atom is 0.243 e. The molecule has 1 rings (SSSR count). The second-order valence-corrected chi connectivity index (χ2v) is 19.8. The van der Waals surface area contributed by atoms with Crippen LogP contribution in [0.25, 0.3) is 0 Å². The van der Waals surface area contributed by atoms with Gasteiger partial charge in [0.15, 0.2) is 29.4 Å². The molecule has 0 aliphatic carbocycles. The molecule has 8 atom stereocenters. The molecule has 80 heavy (non-hydrogen) atoms. The van der Waals surface area contributed by atoms with Crippen molar-refractivity contribution in [2.45, 2.75) is 166 Å². The summed E-state index contributed by atoms with van der Waals surface area (Å²) in [5.41, 5.74) is 60.3. The number of carbonyl (C=O) groups excluding carboxylic acids is 12. The number of nitrogens with two attached hydrogens (primary N) is 11. The summed E-state index contributed by atoms with van der Waals surface area (Å²) in [6.07, 6.45) is -1.09. The van der Waals surface area contributed by atoms with Crippen LogP contribution in [0.2, 0.25) is 0 Å². The minimum Gasteiger partial charge on any atom is -0.370 e. The second-order valence-electron chi connectivity index (χ2n) is 19.8. The van der Waals surface area contributed by atoms with Crippen LogP contribution in [-0.4, -0.2) is 156 Å². The van der Waals surface area contributed by atoms with Crippen molar-refractivity contribution in [2.24, 2.45) is 95.8 Å². The van der Waals surface area contributed by atoms with Gasteiger partial charge in [-0.05, 0) is 103 Å². The van der Waals surface area contributed by atoms with Crippen LogP contribution < -0.4 is 84.3 Å². The van der Waals surface area contributed by atoms with Gasteiger partial charge in [-0.3, -0.25) is 67.7 Å². The SMILES string of the molecule is CC(=O)C[C@@H](CCC(N)=O)C(=O)N[C@@H](CCCN=C(N)N)C(=O)C[C@@H](CCCN=C(N)N)C(=O)N1CCC[C@H]1C(=O)N[C@@H](CCC(N)=O)C(=O)N[C@@H](CCCN=C(N)N)C(=O)C[C@@H](CCC(N)=O)C(=O)N[C@@H](CCCCN)C(N)=O. The van der Waals surface area contributed by atoms with Gasteiger partial charge in [0.05, 0.1) is 12.1 Å². The van der Waals surface area contributed by atoms with Gasteiger partial charge in [0, 0.05) is 82.5 Å². The Morgan fingerprint density at radius 3 is 1.35 bits per heavy atom. The monoisotopic (exact) mass is 1130 g/mol. The van der Waals surface area contributed by atoms with Crippen LogP contribution in [0.3, 0.4) is 0 Å². The third kappa shape index (κ3) is 29.1. The van der Waals surface area contributed by atoms with Crippen molar-refractivity contribution >= 4 is 88.4 Å². The van der Waals surface area contributed by atoms with Crippen LogP contribution in [0.4, 0.5) is 0 Å². The van der Waals surface area contributed by atoms with Gasteiger partial charge in [-0.1, -0.05) is 0 Å². The molecule has 1 heterocycles. The van der Waals surface area contributed by atoms with Crippen molar-refractivity contribution in [3.63, 3.8) is 0 Å². The van der Waals surface area contributed by atoms with Crippen LogP contribution in [0, 0.1) is 17.8 Å². The quantitative estimate of drug-likeness (QED) is 0.0154. The number of ketones is 3. The third-order valence-electron chi connectivity index (χ3n) is 13.1. The molecule has 1 aliphatic rings. The van der Waals surface area contributed by atoms with E-state index in [0.29, 0.717) is 25.8 Å². The number of nitrogens with zero attached hydrogens (tertiary/aromatic N) is 4. The number of rotatable bonds is 43. The lowest BCUT2D eigenvalue weighted by Gasteiger charge is -2.30. The Bertz CT molecular complexity index is 2230. The molecule has 0 bridgehead atoms. The first-order valence-electron chi connectivity index (χ1n) is 26.7. The minimum absolute atomic E-state index is 0.000353. The van der Waals surface area contributed by atoms with E-state index in [2.05, 4.69) is 36.2 Å². The molecule has 31 nitrogen and oxygen atoms in total. The van der Waals surface area contributed by atoms with Crippen LogP contribution >= 0.6 is 0 Å². The van der Waals surface area contributed by atoms with E-state index < -0.39 is 132 Å². The predicted molar refractivity (Wildman–Crippen MR) is 295 cm³/mol. The van der Waals surface area contributed by atoms with Gasteiger partial charge in [0.1, 0.15) is 23.9 Å². The van der Waals surface area contributed by atoms with Gasteiger partial charge in [-0.25, -0.2) is 0 Å². The number of likely N-dealkylation sites (tertiary alicyclic amines) is 1. The lowest BCUT2D eigenvalue weighted by Crippen LogP contribution is -2.56. The van der Waals surface area contributed by atoms with E-state index in [1.165, 1.54) is 11.8 Å². The number of aliphatic imine (C=N–C) groups is 3. The summed E-state index contributed by atoms with van der Waals surface area (Å²) in [6.45, 7) is 1.73. The molecule has 0 unspecified atom stereocenters. The van der Waals surface area contributed by atoms with E-state index in [1.54, 1.807) is 0 Å². The van der Waals surface area contributed by atoms with Crippen LogP contribution in [0.5, 0.6) is 0 Å². The van der Waals surface area contributed by atoms with E-state index in [1.807, 2.05) is 0 Å². The number of Topliss-reactive ketones (excluding diaryl/α,β-unsaturated/α-hetero) is 3. The number of primary amides is 4. The van der Waals surface area contributed by atoms with Gasteiger partial charge in [0.25, 0.3) is 0 Å². The van der Waals surface area contributed by atoms with E-state index in [9.17, 15) is 57.5 Å². The third-order valence-corrected chi connectivity index (χ3v) is 13.1. The first-order chi connectivity index (χ1) is 37.7. The molecule has 9 amide bonds. The molecule has 1 fully saturated rings. The van der Waals surface area contributed by atoms with E-state index >= 15 is 0 Å². The van der Waals surface area contributed by atoms with Crippen molar-refractivity contribution < 1.29 is 57.5 Å². The fourth-order valence-corrected chi connectivity index (χ4v) is 8.89. The molecule has 0 aromatic rings. The zero-order valence-corrected chi connectivity index (χ0v) is 45.8. The Morgan fingerprint density at radius 1 is 0.475 bits per heavy atom. The van der Waals surface area contributed by atoms with Gasteiger partial charge in [-0.15, -0.1) is 0 Å². The highest BCUT2D eigenvalue weighted by molar-refractivity contribution is 5.98. The molecule has 0 aromatic heterocycles. The zero-order valence-electron chi connectivity index (χ0n) is 45.8. The van der Waals surface area contributed by atoms with E-state index in [4.69, 9.17) is 63.1 Å². The summed E-state index contributed by atoms with van der Waals surface area (Å²) in [4.78, 5) is 172. The summed E-state index contributed by atoms with van der Waals surface area (Å²) < 4.78 is 0. The standard InChI is InChI=1S/C49H87N19O12/c1-27(69)24-28(13-16-38(51)72)42(76)64-31(10-5-21-62-48(57)58)37(71)26-30(8-4-20-61-47(55)56)46(80)68-23-7-12-35(68)45(79)67-34(15-18-40(53)74)44(78)65-32(11-6-22-63-49(59)60)36(70)25-29(14-17-39(52)73)43(77)66-33(41(54)75)9-2-3-19-50/h28-35H,2-26,50H2,1H3,(H2,51,72)(H2,52,73)(H2,53,74)(H2,54,75)(H,64,76)(H,65,78)(H,66,77)(H,67,79)(H4,55,56,61)(H4,57,58,62)(H4,59,60,63)/t28-,29-,30-,31+,32+,33+,34+,35+/m1/s1. The molecule has 0 aromatic carbocycles. The van der Waals surface area contributed by atoms with Crippen LogP contribution in [0.1, 0.15) is 135 Å². The fraction of sp³-hybridized carbons (Fsp3) is 0.694. The van der Waals surface area contributed by atoms with E-state index in [0.717, 1.165) is 0 Å². The number of hydrogen-bond donors (Lipinski definition) is 15. The number of hydrogen-bond acceptors (Lipinski definition) is 16. The summed E-state index contributed by atoms with van der Waals surface area (Å²) in [6, 6.07) is -6.53. The lowest BCUT2D eigenvalue weighted by atomic mass is 9.90. The summed E-state index contributed by atoms with van der Waals surface area (Å²) in [7, 11) is 0. The van der Waals surface area contributed by atoms with Crippen molar-refractivity contribution in [3.05, 3.63) is 0 Å². The predicted octanol–water partition coefficient (Wildman–Crippen LogP) is -5.77. The molecular weight excluding hydrogens is 1050 g/mol. The fourth-order valence-electron chi connectivity index (χ4n) is 8.89. The molecule has 0 radical (unpaired) electrons. The zero-order chi connectivity index (χ0) is 60.5. The number of guanidine groups is 3. The highest BCUT2D eigenvalue weighted by atomic mass is 16.2. The lowest BCUT2D eigenvalue weighted by molar-refractivity contribution is -0.144. The highest BCUT2D eigenvalue weighted by Gasteiger charge is 2.40. The molecule has 1 saturated heterocycles. The number of carbonyl (C=O) groups is 12. The molecular formula is C49H87N19O12. The average Bonchev–Trinajstić information content (AvgIpc) is 3.88. The van der Waals surface area contributed by atoms with Gasteiger partial charge in [0.2, 0.25) is 53.2 Å². The summed E-state index contributed by atoms with van der Waals surface area (Å²) in [5, 5.41) is 10.4. The van der Waals surface area contributed by atoms with Crippen molar-refractivity contribution in [1.29, 1.82) is 0 Å². The van der Waals surface area contributed by atoms with Gasteiger partial charge < -0.3 is 94.0 Å². The first kappa shape index (κ1) is 70.0. The van der Waals surface area contributed by atoms with E-state index in [-0.39, 0.29) is 140 Å². The maximum atomic E-state index is 14.7. The molecule has 0 saturated carbocycles. The minimum atomic E-state index is -1.55. The molecule has 26 N–H and O–H groups in total. The number of unbranched alkanes of at least 4 members (excludes halogenated alkanes) is 1. The Hall–Kier alpha value is -7.99. The smallest absolute Gasteiger partial charge is 0.243 e. The van der Waals surface area contributed by atoms with Crippen LogP contribution in [-0.2, 0) is 57.5 Å². The van der Waals surface area contributed by atoms with Crippen molar-refractivity contribution in [2.75, 3.05) is 32.7 Å². The Labute approximate surface area is 465 Å². The summed E-state index contributed by atoms with van der Waals surface area (Å²) >= 11 is 0. The molecule has 31 heteroatoms. The average molecular weight is 1130 g/mol. The molecule has 1 aliphatic heterocycles. The second kappa shape index (κ2) is 37.8. The van der Waals surface area contributed by atoms with Crippen molar-refractivity contribution in [3.8, 4) is 0 Å². The number of amides is 9. The highest BCUT2D eigenvalue weighted by Crippen LogP contribution is 2.26. The largest absolute Gasteiger partial charge is 0.370 e. The van der Waals surface area contributed by atoms with Crippen LogP contribution in [0.15, 0.2) is 15.0 Å². The summed E-state index contributed by atoms with van der Waals surface area (Å²) in [5.74, 6) is -12.9. The molecule has 450 valence electrons. The maximum absolute atomic E-state index is 14.7. The first-order valence-corrected chi connectivity index (χ1v) is 26.7. The normalized spacial score (nSPS) is 15.4. The van der Waals surface area contributed by atoms with Crippen molar-refractivity contribution in [1.82, 2.24) is 26.2 Å². The Morgan fingerprint density at radius 2 is 0.900 bits per heavy atom. The topological polar surface area (TPSA) is 579 Å². The Balaban J connectivity index is 3.65. The van der Waals surface area contributed by atoms with Gasteiger partial charge in [-0.2, -0.15) is 0 Å². The van der Waals surface area contributed by atoms with Gasteiger partial charge >= 0.3 is 0 Å². The molecule has 0 spiro atoms.